The number of halogens is 1. The highest BCUT2D eigenvalue weighted by Crippen LogP contribution is 2.39. The van der Waals surface area contributed by atoms with Gasteiger partial charge in [0.1, 0.15) is 27.6 Å². The van der Waals surface area contributed by atoms with Crippen LogP contribution in [0, 0.1) is 24.1 Å². The van der Waals surface area contributed by atoms with Crippen LogP contribution in [0.15, 0.2) is 34.0 Å². The summed E-state index contributed by atoms with van der Waals surface area (Å²) in [5, 5.41) is 13.1. The third kappa shape index (κ3) is 5.25. The number of unbranched alkanes of at least 4 members (excludes halogenated alkanes) is 1. The van der Waals surface area contributed by atoms with Gasteiger partial charge in [0.25, 0.3) is 11.5 Å². The monoisotopic (exact) mass is 524 g/mol. The minimum atomic E-state index is -0.360. The van der Waals surface area contributed by atoms with Crippen molar-refractivity contribution in [2.75, 3.05) is 5.32 Å². The van der Waals surface area contributed by atoms with E-state index in [1.165, 1.54) is 23.9 Å². The summed E-state index contributed by atoms with van der Waals surface area (Å²) in [5.74, 6) is 0.101. The standard InChI is InChI=1S/C27H29FN4O2S2/c1-3-4-13-31-24(30-16-18-9-11-19(28)12-10-18)21(17(2)22(15-29)25(31)33)14-23-26(34)32(27(35)36-23)20-7-5-6-8-20/h9-12,14,20,30H,3-8,13,16H2,1-2H3/b23-14+. The van der Waals surface area contributed by atoms with Gasteiger partial charge in [-0.05, 0) is 55.5 Å². The van der Waals surface area contributed by atoms with Crippen LogP contribution in [-0.4, -0.2) is 25.7 Å². The highest BCUT2D eigenvalue weighted by Gasteiger charge is 2.38. The number of thioether (sulfide) groups is 1. The summed E-state index contributed by atoms with van der Waals surface area (Å²) in [6.07, 6.45) is 7.46. The zero-order chi connectivity index (χ0) is 25.8. The average Bonchev–Trinajstić information content (AvgIpc) is 3.48. The van der Waals surface area contributed by atoms with E-state index in [1.807, 2.05) is 6.92 Å². The first kappa shape index (κ1) is 26.1. The number of pyridine rings is 1. The quantitative estimate of drug-likeness (QED) is 0.351. The molecule has 1 saturated carbocycles. The van der Waals surface area contributed by atoms with E-state index in [2.05, 4.69) is 11.4 Å². The van der Waals surface area contributed by atoms with Crippen LogP contribution in [0.25, 0.3) is 6.08 Å². The number of benzene rings is 1. The number of nitrogens with one attached hydrogen (secondary N) is 1. The number of thiocarbonyl (C=S) groups is 1. The van der Waals surface area contributed by atoms with Crippen molar-refractivity contribution < 1.29 is 9.18 Å². The Morgan fingerprint density at radius 1 is 1.25 bits per heavy atom. The molecule has 36 heavy (non-hydrogen) atoms. The molecule has 0 radical (unpaired) electrons. The molecule has 1 N–H and O–H groups in total. The number of aromatic nitrogens is 1. The summed E-state index contributed by atoms with van der Waals surface area (Å²) < 4.78 is 15.5. The van der Waals surface area contributed by atoms with Crippen molar-refractivity contribution in [2.45, 2.75) is 71.5 Å². The largest absolute Gasteiger partial charge is 0.367 e. The van der Waals surface area contributed by atoms with Crippen LogP contribution in [0.1, 0.15) is 67.7 Å². The fraction of sp³-hybridized carbons (Fsp3) is 0.407. The zero-order valence-corrected chi connectivity index (χ0v) is 22.1. The summed E-state index contributed by atoms with van der Waals surface area (Å²) in [6, 6.07) is 8.34. The van der Waals surface area contributed by atoms with Crippen molar-refractivity contribution in [2.24, 2.45) is 0 Å². The van der Waals surface area contributed by atoms with Crippen molar-refractivity contribution >= 4 is 46.1 Å². The molecular weight excluding hydrogens is 495 g/mol. The summed E-state index contributed by atoms with van der Waals surface area (Å²) in [4.78, 5) is 28.9. The topological polar surface area (TPSA) is 78.1 Å². The maximum atomic E-state index is 13.4. The van der Waals surface area contributed by atoms with E-state index in [9.17, 15) is 19.2 Å². The lowest BCUT2D eigenvalue weighted by molar-refractivity contribution is -0.123. The van der Waals surface area contributed by atoms with Crippen molar-refractivity contribution in [3.05, 3.63) is 67.6 Å². The zero-order valence-electron chi connectivity index (χ0n) is 20.5. The molecule has 0 bridgehead atoms. The Morgan fingerprint density at radius 2 is 1.94 bits per heavy atom. The van der Waals surface area contributed by atoms with E-state index >= 15 is 0 Å². The predicted octanol–water partition coefficient (Wildman–Crippen LogP) is 5.72. The summed E-state index contributed by atoms with van der Waals surface area (Å²) in [5.41, 5.74) is 1.68. The lowest BCUT2D eigenvalue weighted by Gasteiger charge is -2.22. The van der Waals surface area contributed by atoms with Crippen LogP contribution in [0.5, 0.6) is 0 Å². The number of carbonyl (C=O) groups excluding carboxylic acids is 1. The molecule has 188 valence electrons. The molecule has 2 aromatic rings. The Labute approximate surface area is 220 Å². The summed E-state index contributed by atoms with van der Waals surface area (Å²) in [7, 11) is 0. The first-order valence-corrected chi connectivity index (χ1v) is 13.5. The Kier molecular flexibility index (Phi) is 8.27. The third-order valence-electron chi connectivity index (χ3n) is 6.77. The van der Waals surface area contributed by atoms with Gasteiger partial charge < -0.3 is 5.32 Å². The van der Waals surface area contributed by atoms with Gasteiger partial charge >= 0.3 is 0 Å². The van der Waals surface area contributed by atoms with E-state index in [0.717, 1.165) is 44.1 Å². The van der Waals surface area contributed by atoms with Crippen LogP contribution in [0.3, 0.4) is 0 Å². The van der Waals surface area contributed by atoms with Crippen LogP contribution < -0.4 is 10.9 Å². The second-order valence-corrected chi connectivity index (χ2v) is 10.8. The molecule has 1 saturated heterocycles. The van der Waals surface area contributed by atoms with Gasteiger partial charge in [0, 0.05) is 24.7 Å². The fourth-order valence-corrected chi connectivity index (χ4v) is 6.14. The van der Waals surface area contributed by atoms with E-state index < -0.39 is 0 Å². The molecule has 1 aromatic heterocycles. The number of hydrogen-bond acceptors (Lipinski definition) is 6. The molecule has 0 atom stereocenters. The van der Waals surface area contributed by atoms with E-state index in [1.54, 1.807) is 34.6 Å². The SMILES string of the molecule is CCCCn1c(NCc2ccc(F)cc2)c(/C=C2/SC(=S)N(C3CCCC3)C2=O)c(C)c(C#N)c1=O. The van der Waals surface area contributed by atoms with Gasteiger partial charge in [0.15, 0.2) is 0 Å². The summed E-state index contributed by atoms with van der Waals surface area (Å²) >= 11 is 6.83. The molecular formula is C27H29FN4O2S2. The number of hydrogen-bond donors (Lipinski definition) is 1. The molecule has 6 nitrogen and oxygen atoms in total. The van der Waals surface area contributed by atoms with Gasteiger partial charge in [-0.2, -0.15) is 5.26 Å². The summed E-state index contributed by atoms with van der Waals surface area (Å²) in [6.45, 7) is 4.54. The number of carbonyl (C=O) groups is 1. The minimum absolute atomic E-state index is 0.0657. The molecule has 0 unspecified atom stereocenters. The molecule has 4 rings (SSSR count). The van der Waals surface area contributed by atoms with Crippen molar-refractivity contribution in [1.29, 1.82) is 5.26 Å². The van der Waals surface area contributed by atoms with Crippen molar-refractivity contribution in [3.63, 3.8) is 0 Å². The maximum Gasteiger partial charge on any atom is 0.270 e. The Hall–Kier alpha value is -2.96. The molecule has 2 aliphatic rings. The number of nitriles is 1. The molecule has 1 aromatic carbocycles. The highest BCUT2D eigenvalue weighted by atomic mass is 32.2. The lowest BCUT2D eigenvalue weighted by Crippen LogP contribution is -2.36. The molecule has 2 fully saturated rings. The number of nitrogens with zero attached hydrogens (tertiary/aromatic N) is 3. The highest BCUT2D eigenvalue weighted by molar-refractivity contribution is 8.26. The van der Waals surface area contributed by atoms with Gasteiger partial charge in [-0.25, -0.2) is 4.39 Å². The third-order valence-corrected chi connectivity index (χ3v) is 8.10. The second kappa shape index (κ2) is 11.4. The van der Waals surface area contributed by atoms with Crippen LogP contribution in [-0.2, 0) is 17.9 Å². The van der Waals surface area contributed by atoms with Gasteiger partial charge in [0.05, 0.1) is 4.91 Å². The molecule has 1 aliphatic carbocycles. The van der Waals surface area contributed by atoms with Gasteiger partial charge in [-0.15, -0.1) is 0 Å². The predicted molar refractivity (Wildman–Crippen MR) is 146 cm³/mol. The van der Waals surface area contributed by atoms with Crippen molar-refractivity contribution in [3.8, 4) is 6.07 Å². The van der Waals surface area contributed by atoms with Gasteiger partial charge in [-0.3, -0.25) is 19.1 Å². The lowest BCUT2D eigenvalue weighted by atomic mass is 10.0. The molecule has 0 spiro atoms. The van der Waals surface area contributed by atoms with Crippen molar-refractivity contribution in [1.82, 2.24) is 9.47 Å². The molecule has 9 heteroatoms. The Balaban J connectivity index is 1.80. The Bertz CT molecular complexity index is 1310. The van der Waals surface area contributed by atoms with E-state index in [-0.39, 0.29) is 28.9 Å². The van der Waals surface area contributed by atoms with E-state index in [0.29, 0.717) is 39.3 Å². The smallest absolute Gasteiger partial charge is 0.270 e. The number of amides is 1. The number of rotatable bonds is 8. The van der Waals surface area contributed by atoms with Crippen LogP contribution in [0.4, 0.5) is 10.2 Å². The van der Waals surface area contributed by atoms with Crippen LogP contribution in [0.2, 0.25) is 0 Å². The molecule has 1 aliphatic heterocycles. The normalized spacial score (nSPS) is 17.3. The van der Waals surface area contributed by atoms with Gasteiger partial charge in [-0.1, -0.05) is 62.3 Å². The maximum absolute atomic E-state index is 13.4. The Morgan fingerprint density at radius 3 is 2.58 bits per heavy atom. The minimum Gasteiger partial charge on any atom is -0.367 e. The number of anilines is 1. The second-order valence-electron chi connectivity index (χ2n) is 9.15. The van der Waals surface area contributed by atoms with E-state index in [4.69, 9.17) is 12.2 Å². The fourth-order valence-electron chi connectivity index (χ4n) is 4.76. The molecule has 2 heterocycles. The average molecular weight is 525 g/mol. The van der Waals surface area contributed by atoms with Crippen LogP contribution >= 0.6 is 24.0 Å². The molecule has 1 amide bonds. The first-order valence-electron chi connectivity index (χ1n) is 12.3. The first-order chi connectivity index (χ1) is 17.3. The van der Waals surface area contributed by atoms with Gasteiger partial charge in [0.2, 0.25) is 0 Å².